The van der Waals surface area contributed by atoms with Crippen molar-refractivity contribution in [3.63, 3.8) is 0 Å². The van der Waals surface area contributed by atoms with Crippen LogP contribution in [0.25, 0.3) is 22.2 Å². The standard InChI is InChI=1S/C19H21N3OS/c1-12-9-16(15-7-8-20-19(15)22(12)23)17-10-14(24-2)5-6-18(17)21-11-13-3-4-13/h5-10,13,23H,3-4,11H2,1-2H3,(H,20,21)/p+1. The van der Waals surface area contributed by atoms with Gasteiger partial charge in [0.15, 0.2) is 0 Å². The third-order valence-corrected chi connectivity index (χ3v) is 5.43. The second-order valence-electron chi connectivity index (χ2n) is 6.49. The largest absolute Gasteiger partial charge is 0.384 e. The molecule has 0 bridgehead atoms. The Bertz CT molecular complexity index is 899. The Hall–Kier alpha value is -2.14. The van der Waals surface area contributed by atoms with Crippen LogP contribution in [0.1, 0.15) is 18.5 Å². The zero-order chi connectivity index (χ0) is 16.7. The molecular weight excluding hydrogens is 318 g/mol. The Morgan fingerprint density at radius 3 is 2.83 bits per heavy atom. The average molecular weight is 340 g/mol. The maximum absolute atomic E-state index is 10.2. The lowest BCUT2D eigenvalue weighted by atomic mass is 10.0. The molecule has 0 atom stereocenters. The van der Waals surface area contributed by atoms with Crippen LogP contribution in [0.4, 0.5) is 5.69 Å². The molecular formula is C19H22N3OS+. The summed E-state index contributed by atoms with van der Waals surface area (Å²) in [7, 11) is 0. The quantitative estimate of drug-likeness (QED) is 0.370. The number of pyridine rings is 1. The van der Waals surface area contributed by atoms with Gasteiger partial charge in [0.05, 0.1) is 11.6 Å². The zero-order valence-corrected chi connectivity index (χ0v) is 14.8. The van der Waals surface area contributed by atoms with Gasteiger partial charge in [-0.3, -0.25) is 0 Å². The molecule has 24 heavy (non-hydrogen) atoms. The minimum absolute atomic E-state index is 0.729. The first kappa shape index (κ1) is 15.4. The third-order valence-electron chi connectivity index (χ3n) is 4.71. The second-order valence-corrected chi connectivity index (χ2v) is 7.37. The molecule has 0 radical (unpaired) electrons. The first-order chi connectivity index (χ1) is 11.7. The monoisotopic (exact) mass is 340 g/mol. The number of hydrogen-bond donors (Lipinski definition) is 3. The van der Waals surface area contributed by atoms with Gasteiger partial charge in [-0.25, -0.2) is 4.98 Å². The van der Waals surface area contributed by atoms with Crippen molar-refractivity contribution in [2.24, 2.45) is 5.92 Å². The number of benzene rings is 1. The van der Waals surface area contributed by atoms with Gasteiger partial charge >= 0.3 is 5.65 Å². The molecule has 0 amide bonds. The second kappa shape index (κ2) is 6.06. The zero-order valence-electron chi connectivity index (χ0n) is 14.0. The van der Waals surface area contributed by atoms with E-state index < -0.39 is 0 Å². The molecule has 0 unspecified atom stereocenters. The summed E-state index contributed by atoms with van der Waals surface area (Å²) in [5, 5.41) is 14.9. The molecule has 2 aromatic heterocycles. The van der Waals surface area contributed by atoms with Crippen molar-refractivity contribution in [3.8, 4) is 11.1 Å². The Morgan fingerprint density at radius 1 is 1.25 bits per heavy atom. The molecule has 0 saturated heterocycles. The minimum Gasteiger partial charge on any atom is -0.384 e. The Labute approximate surface area is 145 Å². The number of H-pyrrole nitrogens is 1. The summed E-state index contributed by atoms with van der Waals surface area (Å²) in [6.45, 7) is 2.95. The predicted molar refractivity (Wildman–Crippen MR) is 98.8 cm³/mol. The number of anilines is 1. The highest BCUT2D eigenvalue weighted by Crippen LogP contribution is 2.37. The molecule has 3 aromatic rings. The number of hydrogen-bond acceptors (Lipinski definition) is 3. The van der Waals surface area contributed by atoms with Gasteiger partial charge in [-0.05, 0) is 60.1 Å². The number of thioether (sulfide) groups is 1. The average Bonchev–Trinajstić information content (AvgIpc) is 3.30. The maximum atomic E-state index is 10.2. The first-order valence-corrected chi connectivity index (χ1v) is 9.54. The number of nitrogens with one attached hydrogen (secondary N) is 2. The van der Waals surface area contributed by atoms with Crippen LogP contribution in [0.3, 0.4) is 0 Å². The van der Waals surface area contributed by atoms with Crippen LogP contribution < -0.4 is 10.0 Å². The highest BCUT2D eigenvalue weighted by atomic mass is 32.2. The number of aromatic amines is 1. The van der Waals surface area contributed by atoms with Gasteiger partial charge in [0.2, 0.25) is 0 Å². The highest BCUT2D eigenvalue weighted by Gasteiger charge is 2.22. The normalized spacial score (nSPS) is 14.2. The smallest absolute Gasteiger partial charge is 0.326 e. The Kier molecular flexibility index (Phi) is 3.88. The van der Waals surface area contributed by atoms with Gasteiger partial charge in [0, 0.05) is 35.2 Å². The van der Waals surface area contributed by atoms with Gasteiger partial charge < -0.3 is 10.5 Å². The van der Waals surface area contributed by atoms with E-state index in [1.807, 2.05) is 19.2 Å². The van der Waals surface area contributed by atoms with E-state index in [0.717, 1.165) is 40.4 Å². The minimum atomic E-state index is 0.729. The maximum Gasteiger partial charge on any atom is 0.326 e. The fourth-order valence-corrected chi connectivity index (χ4v) is 3.54. The van der Waals surface area contributed by atoms with Crippen molar-refractivity contribution >= 4 is 28.5 Å². The number of aromatic nitrogens is 2. The van der Waals surface area contributed by atoms with Crippen LogP contribution in [0, 0.1) is 12.8 Å². The summed E-state index contributed by atoms with van der Waals surface area (Å²) in [4.78, 5) is 4.37. The van der Waals surface area contributed by atoms with Crippen molar-refractivity contribution in [1.82, 2.24) is 4.98 Å². The molecule has 124 valence electrons. The summed E-state index contributed by atoms with van der Waals surface area (Å²) >= 11 is 1.75. The fraction of sp³-hybridized carbons (Fsp3) is 0.316. The van der Waals surface area contributed by atoms with Crippen LogP contribution in [0.15, 0.2) is 41.4 Å². The molecule has 1 saturated carbocycles. The molecule has 3 N–H and O–H groups in total. The lowest BCUT2D eigenvalue weighted by molar-refractivity contribution is -0.889. The van der Waals surface area contributed by atoms with Crippen molar-refractivity contribution in [2.75, 3.05) is 18.1 Å². The van der Waals surface area contributed by atoms with E-state index in [2.05, 4.69) is 40.8 Å². The van der Waals surface area contributed by atoms with Gasteiger partial charge in [-0.1, -0.05) is 0 Å². The lowest BCUT2D eigenvalue weighted by Gasteiger charge is -2.14. The lowest BCUT2D eigenvalue weighted by Crippen LogP contribution is -2.34. The Balaban J connectivity index is 1.87. The van der Waals surface area contributed by atoms with E-state index in [-0.39, 0.29) is 0 Å². The van der Waals surface area contributed by atoms with Gasteiger partial charge in [-0.15, -0.1) is 11.8 Å². The van der Waals surface area contributed by atoms with Gasteiger partial charge in [-0.2, -0.15) is 0 Å². The van der Waals surface area contributed by atoms with Crippen LogP contribution in [0.5, 0.6) is 0 Å². The molecule has 4 rings (SSSR count). The van der Waals surface area contributed by atoms with Crippen molar-refractivity contribution in [2.45, 2.75) is 24.7 Å². The van der Waals surface area contributed by atoms with E-state index in [4.69, 9.17) is 0 Å². The third kappa shape index (κ3) is 2.73. The van der Waals surface area contributed by atoms with Crippen molar-refractivity contribution in [3.05, 3.63) is 42.2 Å². The summed E-state index contributed by atoms with van der Waals surface area (Å²) in [5.74, 6) is 0.822. The SMILES string of the molecule is CSc1ccc(NCC2CC2)c(-c2cc(C)[n+](O)c3[nH]ccc23)c1. The van der Waals surface area contributed by atoms with Crippen LogP contribution in [-0.4, -0.2) is 23.0 Å². The van der Waals surface area contributed by atoms with Crippen molar-refractivity contribution in [1.29, 1.82) is 0 Å². The molecule has 0 aliphatic heterocycles. The molecule has 1 fully saturated rings. The Morgan fingerprint density at radius 2 is 2.08 bits per heavy atom. The van der Waals surface area contributed by atoms with Crippen LogP contribution in [0.2, 0.25) is 0 Å². The molecule has 0 spiro atoms. The number of rotatable bonds is 5. The van der Waals surface area contributed by atoms with E-state index in [0.29, 0.717) is 0 Å². The summed E-state index contributed by atoms with van der Waals surface area (Å²) in [5.41, 5.74) is 5.03. The molecule has 1 aromatic carbocycles. The molecule has 4 nitrogen and oxygen atoms in total. The first-order valence-electron chi connectivity index (χ1n) is 8.31. The van der Waals surface area contributed by atoms with E-state index in [1.165, 1.54) is 28.0 Å². The van der Waals surface area contributed by atoms with Crippen LogP contribution >= 0.6 is 11.8 Å². The summed E-state index contributed by atoms with van der Waals surface area (Å²) < 4.78 is 1.22. The number of fused-ring (bicyclic) bond motifs is 1. The molecule has 2 heterocycles. The number of aryl methyl sites for hydroxylation is 1. The van der Waals surface area contributed by atoms with E-state index in [1.54, 1.807) is 11.8 Å². The topological polar surface area (TPSA) is 51.9 Å². The highest BCUT2D eigenvalue weighted by molar-refractivity contribution is 7.98. The summed E-state index contributed by atoms with van der Waals surface area (Å²) in [6.07, 6.45) is 6.64. The number of nitrogens with zero attached hydrogens (tertiary/aromatic N) is 1. The summed E-state index contributed by atoms with van der Waals surface area (Å²) in [6, 6.07) is 10.7. The molecule has 5 heteroatoms. The van der Waals surface area contributed by atoms with Gasteiger partial charge in [0.25, 0.3) is 0 Å². The van der Waals surface area contributed by atoms with E-state index >= 15 is 0 Å². The molecule has 1 aliphatic rings. The fourth-order valence-electron chi connectivity index (χ4n) is 3.10. The predicted octanol–water partition coefficient (Wildman–Crippen LogP) is 4.21. The van der Waals surface area contributed by atoms with Crippen molar-refractivity contribution < 1.29 is 9.94 Å². The molecule has 1 aliphatic carbocycles. The van der Waals surface area contributed by atoms with E-state index in [9.17, 15) is 5.21 Å². The van der Waals surface area contributed by atoms with Gasteiger partial charge in [0.1, 0.15) is 5.69 Å². The van der Waals surface area contributed by atoms with Crippen LogP contribution in [-0.2, 0) is 0 Å².